The van der Waals surface area contributed by atoms with Gasteiger partial charge in [0.05, 0.1) is 18.6 Å². The second-order valence-corrected chi connectivity index (χ2v) is 6.52. The summed E-state index contributed by atoms with van der Waals surface area (Å²) in [7, 11) is -4.82. The summed E-state index contributed by atoms with van der Waals surface area (Å²) in [5, 5.41) is 0. The molecule has 140 valence electrons. The van der Waals surface area contributed by atoms with Crippen LogP contribution in [0.5, 0.6) is 0 Å². The van der Waals surface area contributed by atoms with E-state index in [1.54, 1.807) is 0 Å². The predicted octanol–water partition coefficient (Wildman–Crippen LogP) is 4.21. The zero-order valence-corrected chi connectivity index (χ0v) is 15.6. The SMILES string of the molecule is CC(=O)OS(=O)(=O)[O-].Cc1cc(-c2ccccc2)cc(-c2ccccc2)[o+]1. The van der Waals surface area contributed by atoms with Crippen molar-refractivity contribution in [3.05, 3.63) is 78.6 Å². The number of carbonyl (C=O) groups excluding carboxylic acids is 1. The maximum atomic E-state index is 9.66. The second-order valence-electron chi connectivity index (χ2n) is 5.54. The third kappa shape index (κ3) is 7.01. The van der Waals surface area contributed by atoms with E-state index in [9.17, 15) is 17.8 Å². The molecule has 1 aromatic heterocycles. The summed E-state index contributed by atoms with van der Waals surface area (Å²) in [6.07, 6.45) is 0. The molecule has 6 nitrogen and oxygen atoms in total. The van der Waals surface area contributed by atoms with Crippen LogP contribution in [0, 0.1) is 6.92 Å². The van der Waals surface area contributed by atoms with Gasteiger partial charge in [-0.25, -0.2) is 12.8 Å². The molecule has 0 bridgehead atoms. The van der Waals surface area contributed by atoms with E-state index in [1.165, 1.54) is 11.1 Å². The lowest BCUT2D eigenvalue weighted by Gasteiger charge is -2.02. The van der Waals surface area contributed by atoms with Crippen LogP contribution in [0.1, 0.15) is 12.7 Å². The summed E-state index contributed by atoms with van der Waals surface area (Å²) in [6.45, 7) is 2.81. The molecule has 0 fully saturated rings. The van der Waals surface area contributed by atoms with Gasteiger partial charge in [0.2, 0.25) is 0 Å². The standard InChI is InChI=1S/C18H15O.C2H4O5S/c1-14-12-17(15-8-4-2-5-9-15)13-18(19-14)16-10-6-3-7-11-16;1-2(3)7-8(4,5)6/h2-13H,1H3;1H3,(H,4,5,6)/q+1;/p-1. The first-order chi connectivity index (χ1) is 12.7. The van der Waals surface area contributed by atoms with Gasteiger partial charge in [0.15, 0.2) is 0 Å². The summed E-state index contributed by atoms with van der Waals surface area (Å²) >= 11 is 0. The van der Waals surface area contributed by atoms with Gasteiger partial charge in [0, 0.05) is 18.6 Å². The fourth-order valence-corrected chi connectivity index (χ4v) is 2.61. The number of aryl methyl sites for hydroxylation is 1. The highest BCUT2D eigenvalue weighted by Gasteiger charge is 2.15. The van der Waals surface area contributed by atoms with E-state index in [0.29, 0.717) is 0 Å². The molecule has 0 unspecified atom stereocenters. The number of carbonyl (C=O) groups is 1. The molecule has 0 aliphatic rings. The smallest absolute Gasteiger partial charge is 0.360 e. The van der Waals surface area contributed by atoms with E-state index >= 15 is 0 Å². The number of benzene rings is 2. The Morgan fingerprint density at radius 3 is 1.85 bits per heavy atom. The number of hydrogen-bond donors (Lipinski definition) is 0. The van der Waals surface area contributed by atoms with Gasteiger partial charge in [0.1, 0.15) is 0 Å². The quantitative estimate of drug-likeness (QED) is 0.380. The van der Waals surface area contributed by atoms with Gasteiger partial charge in [-0.1, -0.05) is 48.5 Å². The number of hydrogen-bond acceptors (Lipinski definition) is 5. The van der Waals surface area contributed by atoms with Gasteiger partial charge in [-0.2, -0.15) is 0 Å². The maximum absolute atomic E-state index is 9.66. The summed E-state index contributed by atoms with van der Waals surface area (Å²) < 4.78 is 37.4. The Morgan fingerprint density at radius 2 is 1.41 bits per heavy atom. The Kier molecular flexibility index (Phi) is 6.81. The molecule has 0 amide bonds. The van der Waals surface area contributed by atoms with Crippen molar-refractivity contribution in [3.8, 4) is 22.5 Å². The molecule has 0 saturated carbocycles. The first-order valence-corrected chi connectivity index (χ1v) is 9.29. The molecule has 1 heterocycles. The lowest BCUT2D eigenvalue weighted by molar-refractivity contribution is -0.131. The highest BCUT2D eigenvalue weighted by molar-refractivity contribution is 7.81. The maximum Gasteiger partial charge on any atom is 0.360 e. The third-order valence-corrected chi connectivity index (χ3v) is 3.74. The monoisotopic (exact) mass is 386 g/mol. The molecule has 0 aliphatic heterocycles. The van der Waals surface area contributed by atoms with E-state index in [0.717, 1.165) is 24.0 Å². The number of rotatable bonds is 3. The molecule has 7 heteroatoms. The van der Waals surface area contributed by atoms with Gasteiger partial charge in [-0.3, -0.25) is 4.79 Å². The fraction of sp³-hybridized carbons (Fsp3) is 0.100. The molecule has 0 N–H and O–H groups in total. The van der Waals surface area contributed by atoms with Gasteiger partial charge in [-0.15, -0.1) is 0 Å². The Labute approximate surface area is 158 Å². The van der Waals surface area contributed by atoms with Crippen molar-refractivity contribution in [3.63, 3.8) is 0 Å². The minimum atomic E-state index is -4.82. The average Bonchev–Trinajstić information content (AvgIpc) is 2.61. The van der Waals surface area contributed by atoms with Crippen LogP contribution in [0.4, 0.5) is 0 Å². The van der Waals surface area contributed by atoms with E-state index in [2.05, 4.69) is 52.7 Å². The Bertz CT molecular complexity index is 941. The lowest BCUT2D eigenvalue weighted by Crippen LogP contribution is -2.07. The molecule has 0 spiro atoms. The van der Waals surface area contributed by atoms with Crippen molar-refractivity contribution in [1.29, 1.82) is 0 Å². The van der Waals surface area contributed by atoms with Crippen molar-refractivity contribution >= 4 is 16.4 Å². The zero-order chi connectivity index (χ0) is 19.9. The van der Waals surface area contributed by atoms with Gasteiger partial charge in [-0.05, 0) is 17.7 Å². The van der Waals surface area contributed by atoms with Gasteiger partial charge >= 0.3 is 17.5 Å². The highest BCUT2D eigenvalue weighted by atomic mass is 32.3. The molecule has 0 radical (unpaired) electrons. The van der Waals surface area contributed by atoms with Crippen LogP contribution in [0.2, 0.25) is 0 Å². The van der Waals surface area contributed by atoms with Crippen LogP contribution in [0.25, 0.3) is 22.5 Å². The summed E-state index contributed by atoms with van der Waals surface area (Å²) in [5.41, 5.74) is 3.49. The van der Waals surface area contributed by atoms with Crippen LogP contribution in [-0.4, -0.2) is 18.9 Å². The van der Waals surface area contributed by atoms with Crippen LogP contribution in [0.15, 0.2) is 77.2 Å². The highest BCUT2D eigenvalue weighted by Crippen LogP contribution is 2.27. The van der Waals surface area contributed by atoms with Crippen LogP contribution < -0.4 is 0 Å². The minimum absolute atomic E-state index is 0.829. The fourth-order valence-electron chi connectivity index (χ4n) is 2.32. The minimum Gasteiger partial charge on any atom is -0.716 e. The topological polar surface area (TPSA) is 94.8 Å². The molecule has 27 heavy (non-hydrogen) atoms. The molecule has 0 atom stereocenters. The second kappa shape index (κ2) is 9.07. The summed E-state index contributed by atoms with van der Waals surface area (Å²) in [4.78, 5) is 9.66. The van der Waals surface area contributed by atoms with Crippen molar-refractivity contribution in [1.82, 2.24) is 0 Å². The van der Waals surface area contributed by atoms with Gasteiger partial charge in [0.25, 0.3) is 10.4 Å². The van der Waals surface area contributed by atoms with E-state index in [-0.39, 0.29) is 0 Å². The normalized spacial score (nSPS) is 10.5. The molecule has 2 aromatic carbocycles. The molecule has 0 aliphatic carbocycles. The molecule has 0 saturated heterocycles. The largest absolute Gasteiger partial charge is 0.716 e. The molecule has 3 aromatic rings. The van der Waals surface area contributed by atoms with E-state index < -0.39 is 16.4 Å². The first kappa shape index (κ1) is 20.3. The van der Waals surface area contributed by atoms with Gasteiger partial charge < -0.3 is 8.74 Å². The van der Waals surface area contributed by atoms with Crippen molar-refractivity contribution < 1.29 is 26.4 Å². The van der Waals surface area contributed by atoms with Crippen molar-refractivity contribution in [2.75, 3.05) is 0 Å². The van der Waals surface area contributed by atoms with Crippen LogP contribution in [0.3, 0.4) is 0 Å². The Hall–Kier alpha value is -3.03. The summed E-state index contributed by atoms with van der Waals surface area (Å²) in [6, 6.07) is 24.7. The van der Waals surface area contributed by atoms with E-state index in [1.807, 2.05) is 31.2 Å². The predicted molar refractivity (Wildman–Crippen MR) is 100 cm³/mol. The van der Waals surface area contributed by atoms with Crippen LogP contribution in [-0.2, 0) is 19.4 Å². The molecule has 3 rings (SSSR count). The zero-order valence-electron chi connectivity index (χ0n) is 14.8. The van der Waals surface area contributed by atoms with Crippen molar-refractivity contribution in [2.24, 2.45) is 0 Å². The van der Waals surface area contributed by atoms with E-state index in [4.69, 9.17) is 4.42 Å². The Morgan fingerprint density at radius 1 is 0.889 bits per heavy atom. The van der Waals surface area contributed by atoms with Crippen molar-refractivity contribution in [2.45, 2.75) is 13.8 Å². The van der Waals surface area contributed by atoms with Crippen LogP contribution >= 0.6 is 0 Å². The third-order valence-electron chi connectivity index (χ3n) is 3.30. The Balaban J connectivity index is 0.000000279. The first-order valence-electron chi connectivity index (χ1n) is 7.96. The molecular formula is C20H18O6S. The lowest BCUT2D eigenvalue weighted by atomic mass is 10.0. The average molecular weight is 386 g/mol. The summed E-state index contributed by atoms with van der Waals surface area (Å²) in [5.74, 6) is 0.694. The molecular weight excluding hydrogens is 368 g/mol.